The molecule has 0 amide bonds. The van der Waals surface area contributed by atoms with Crippen LogP contribution in [-0.4, -0.2) is 22.1 Å². The van der Waals surface area contributed by atoms with Crippen LogP contribution in [0.4, 0.5) is 0 Å². The molecule has 1 aliphatic rings. The van der Waals surface area contributed by atoms with E-state index in [1.54, 1.807) is 0 Å². The van der Waals surface area contributed by atoms with Crippen molar-refractivity contribution in [1.29, 1.82) is 0 Å². The normalized spacial score (nSPS) is 19.1. The van der Waals surface area contributed by atoms with E-state index in [0.29, 0.717) is 5.92 Å². The lowest BCUT2D eigenvalue weighted by molar-refractivity contribution is 0.405. The van der Waals surface area contributed by atoms with Crippen molar-refractivity contribution in [3.05, 3.63) is 18.2 Å². The number of rotatable bonds is 5. The van der Waals surface area contributed by atoms with Crippen molar-refractivity contribution < 1.29 is 0 Å². The van der Waals surface area contributed by atoms with Crippen LogP contribution in [0.5, 0.6) is 0 Å². The summed E-state index contributed by atoms with van der Waals surface area (Å²) in [5.74, 6) is 1.79. The molecule has 1 fully saturated rings. The lowest BCUT2D eigenvalue weighted by Crippen LogP contribution is -2.31. The van der Waals surface area contributed by atoms with Gasteiger partial charge in [-0.15, -0.1) is 0 Å². The summed E-state index contributed by atoms with van der Waals surface area (Å²) in [5, 5.41) is 3.68. The minimum atomic E-state index is 0.675. The van der Waals surface area contributed by atoms with Crippen LogP contribution in [0.25, 0.3) is 0 Å². The van der Waals surface area contributed by atoms with E-state index in [1.165, 1.54) is 25.7 Å². The zero-order valence-electron chi connectivity index (χ0n) is 10.4. The zero-order chi connectivity index (χ0) is 11.4. The van der Waals surface area contributed by atoms with E-state index in [0.717, 1.165) is 25.0 Å². The number of aromatic nitrogens is 2. The molecule has 1 N–H and O–H groups in total. The fourth-order valence-corrected chi connectivity index (χ4v) is 2.49. The van der Waals surface area contributed by atoms with E-state index in [9.17, 15) is 0 Å². The van der Waals surface area contributed by atoms with Gasteiger partial charge in [0.2, 0.25) is 0 Å². The van der Waals surface area contributed by atoms with Crippen LogP contribution in [0.3, 0.4) is 0 Å². The van der Waals surface area contributed by atoms with Gasteiger partial charge in [-0.2, -0.15) is 0 Å². The molecule has 16 heavy (non-hydrogen) atoms. The SMILES string of the molecule is Cc1nccn1CC(C)CNC1CCCC1. The number of nitrogens with zero attached hydrogens (tertiary/aromatic N) is 2. The number of imidazole rings is 1. The van der Waals surface area contributed by atoms with Gasteiger partial charge >= 0.3 is 0 Å². The third kappa shape index (κ3) is 3.08. The van der Waals surface area contributed by atoms with Gasteiger partial charge in [-0.3, -0.25) is 0 Å². The van der Waals surface area contributed by atoms with Crippen molar-refractivity contribution in [2.45, 2.75) is 52.1 Å². The van der Waals surface area contributed by atoms with E-state index in [2.05, 4.69) is 34.9 Å². The Balaban J connectivity index is 1.71. The minimum Gasteiger partial charge on any atom is -0.335 e. The molecule has 90 valence electrons. The third-order valence-corrected chi connectivity index (χ3v) is 3.54. The van der Waals surface area contributed by atoms with Gasteiger partial charge < -0.3 is 9.88 Å². The molecule has 1 aliphatic carbocycles. The lowest BCUT2D eigenvalue weighted by atomic mass is 10.1. The molecule has 3 nitrogen and oxygen atoms in total. The second-order valence-corrected chi connectivity index (χ2v) is 5.12. The van der Waals surface area contributed by atoms with Crippen molar-refractivity contribution in [3.8, 4) is 0 Å². The number of hydrogen-bond donors (Lipinski definition) is 1. The average Bonchev–Trinajstić information content (AvgIpc) is 2.88. The molecule has 0 bridgehead atoms. The molecule has 3 heteroatoms. The molecule has 1 unspecified atom stereocenters. The van der Waals surface area contributed by atoms with E-state index in [-0.39, 0.29) is 0 Å². The Labute approximate surface area is 98.3 Å². The minimum absolute atomic E-state index is 0.675. The van der Waals surface area contributed by atoms with Gasteiger partial charge in [-0.05, 0) is 32.2 Å². The van der Waals surface area contributed by atoms with E-state index in [1.807, 2.05) is 6.20 Å². The van der Waals surface area contributed by atoms with Crippen LogP contribution in [0.15, 0.2) is 12.4 Å². The first-order valence-corrected chi connectivity index (χ1v) is 6.47. The topological polar surface area (TPSA) is 29.9 Å². The average molecular weight is 221 g/mol. The predicted molar refractivity (Wildman–Crippen MR) is 66.4 cm³/mol. The Morgan fingerprint density at radius 1 is 1.50 bits per heavy atom. The highest BCUT2D eigenvalue weighted by molar-refractivity contribution is 4.89. The molecule has 0 aromatic carbocycles. The van der Waals surface area contributed by atoms with Crippen molar-refractivity contribution in [2.24, 2.45) is 5.92 Å². The summed E-state index contributed by atoms with van der Waals surface area (Å²) in [7, 11) is 0. The Kier molecular flexibility index (Phi) is 3.99. The van der Waals surface area contributed by atoms with Gasteiger partial charge in [0.05, 0.1) is 0 Å². The largest absolute Gasteiger partial charge is 0.335 e. The van der Waals surface area contributed by atoms with Crippen LogP contribution in [0.1, 0.15) is 38.4 Å². The zero-order valence-corrected chi connectivity index (χ0v) is 10.4. The van der Waals surface area contributed by atoms with E-state index in [4.69, 9.17) is 0 Å². The van der Waals surface area contributed by atoms with Crippen LogP contribution in [-0.2, 0) is 6.54 Å². The first-order chi connectivity index (χ1) is 7.75. The Bertz CT molecular complexity index is 313. The fourth-order valence-electron chi connectivity index (χ4n) is 2.49. The molecule has 1 aromatic rings. The maximum absolute atomic E-state index is 4.25. The Morgan fingerprint density at radius 3 is 2.88 bits per heavy atom. The fraction of sp³-hybridized carbons (Fsp3) is 0.769. The van der Waals surface area contributed by atoms with Gasteiger partial charge in [0.1, 0.15) is 5.82 Å². The van der Waals surface area contributed by atoms with Crippen molar-refractivity contribution in [1.82, 2.24) is 14.9 Å². The Hall–Kier alpha value is -0.830. The second-order valence-electron chi connectivity index (χ2n) is 5.12. The number of hydrogen-bond acceptors (Lipinski definition) is 2. The molecular formula is C13H23N3. The quantitative estimate of drug-likeness (QED) is 0.827. The smallest absolute Gasteiger partial charge is 0.105 e. The summed E-state index contributed by atoms with van der Waals surface area (Å²) in [6.07, 6.45) is 9.51. The van der Waals surface area contributed by atoms with Crippen molar-refractivity contribution in [3.63, 3.8) is 0 Å². The first kappa shape index (κ1) is 11.6. The molecular weight excluding hydrogens is 198 g/mol. The third-order valence-electron chi connectivity index (χ3n) is 3.54. The standard InChI is InChI=1S/C13H23N3/c1-11(9-15-13-5-3-4-6-13)10-16-8-7-14-12(16)2/h7-8,11,13,15H,3-6,9-10H2,1-2H3. The molecule has 1 heterocycles. The van der Waals surface area contributed by atoms with Crippen LogP contribution >= 0.6 is 0 Å². The van der Waals surface area contributed by atoms with E-state index >= 15 is 0 Å². The molecule has 1 saturated carbocycles. The summed E-state index contributed by atoms with van der Waals surface area (Å²) < 4.78 is 2.24. The van der Waals surface area contributed by atoms with E-state index < -0.39 is 0 Å². The molecule has 0 aliphatic heterocycles. The molecule has 2 rings (SSSR count). The monoisotopic (exact) mass is 221 g/mol. The first-order valence-electron chi connectivity index (χ1n) is 6.47. The highest BCUT2D eigenvalue weighted by Gasteiger charge is 2.15. The van der Waals surface area contributed by atoms with Gasteiger partial charge in [0, 0.05) is 25.0 Å². The van der Waals surface area contributed by atoms with Crippen molar-refractivity contribution in [2.75, 3.05) is 6.54 Å². The molecule has 1 aromatic heterocycles. The van der Waals surface area contributed by atoms with Gasteiger partial charge in [0.15, 0.2) is 0 Å². The summed E-state index contributed by atoms with van der Waals surface area (Å²) in [6.45, 7) is 6.58. The Morgan fingerprint density at radius 2 is 2.25 bits per heavy atom. The highest BCUT2D eigenvalue weighted by Crippen LogP contribution is 2.17. The summed E-state index contributed by atoms with van der Waals surface area (Å²) >= 11 is 0. The highest BCUT2D eigenvalue weighted by atomic mass is 15.1. The van der Waals surface area contributed by atoms with Gasteiger partial charge in [-0.1, -0.05) is 19.8 Å². The number of nitrogens with one attached hydrogen (secondary N) is 1. The van der Waals surface area contributed by atoms with Crippen LogP contribution in [0.2, 0.25) is 0 Å². The molecule has 0 saturated heterocycles. The summed E-state index contributed by atoms with van der Waals surface area (Å²) in [4.78, 5) is 4.25. The number of aryl methyl sites for hydroxylation is 1. The van der Waals surface area contributed by atoms with Gasteiger partial charge in [0.25, 0.3) is 0 Å². The molecule has 0 radical (unpaired) electrons. The molecule has 1 atom stereocenters. The van der Waals surface area contributed by atoms with Crippen LogP contribution in [0, 0.1) is 12.8 Å². The van der Waals surface area contributed by atoms with Crippen LogP contribution < -0.4 is 5.32 Å². The molecule has 0 spiro atoms. The second kappa shape index (κ2) is 5.48. The maximum atomic E-state index is 4.25. The predicted octanol–water partition coefficient (Wildman–Crippen LogP) is 2.36. The van der Waals surface area contributed by atoms with Crippen molar-refractivity contribution >= 4 is 0 Å². The lowest BCUT2D eigenvalue weighted by Gasteiger charge is -2.17. The summed E-state index contributed by atoms with van der Waals surface area (Å²) in [5.41, 5.74) is 0. The maximum Gasteiger partial charge on any atom is 0.105 e. The summed E-state index contributed by atoms with van der Waals surface area (Å²) in [6, 6.07) is 0.784. The van der Waals surface area contributed by atoms with Gasteiger partial charge in [-0.25, -0.2) is 4.98 Å².